The number of rotatable bonds is 0. The molecule has 2 heteroatoms. The Morgan fingerprint density at radius 1 is 1.42 bits per heavy atom. The van der Waals surface area contributed by atoms with E-state index in [4.69, 9.17) is 0 Å². The van der Waals surface area contributed by atoms with Gasteiger partial charge in [0.05, 0.1) is 0 Å². The monoisotopic (exact) mass is 162 g/mol. The Bertz CT molecular complexity index is 294. The van der Waals surface area contributed by atoms with Crippen LogP contribution < -0.4 is 0 Å². The number of nitrogens with zero attached hydrogens (tertiary/aromatic N) is 2. The predicted octanol–water partition coefficient (Wildman–Crippen LogP) is 1.38. The van der Waals surface area contributed by atoms with Crippen LogP contribution in [0.3, 0.4) is 0 Å². The zero-order chi connectivity index (χ0) is 8.55. The minimum atomic E-state index is 1.08. The number of fused-ring (bicyclic) bond motifs is 1. The Morgan fingerprint density at radius 3 is 3.08 bits per heavy atom. The van der Waals surface area contributed by atoms with E-state index in [1.807, 2.05) is 6.20 Å². The molecule has 64 valence electrons. The molecule has 2 nitrogen and oxygen atoms in total. The standard InChI is InChI=1S/C10H14N2/c1-8-5-10-7-12(2)4-3-9(10)6-11-8/h5-6H,3-4,7H2,1-2H3. The van der Waals surface area contributed by atoms with Crippen LogP contribution in [0.2, 0.25) is 0 Å². The van der Waals surface area contributed by atoms with Crippen LogP contribution in [0.4, 0.5) is 0 Å². The summed E-state index contributed by atoms with van der Waals surface area (Å²) >= 11 is 0. The summed E-state index contributed by atoms with van der Waals surface area (Å²) in [5.74, 6) is 0. The first-order chi connectivity index (χ1) is 5.75. The number of likely N-dealkylation sites (N-methyl/N-ethyl adjacent to an activating group) is 1. The number of hydrogen-bond donors (Lipinski definition) is 0. The number of aryl methyl sites for hydroxylation is 1. The van der Waals surface area contributed by atoms with Crippen LogP contribution >= 0.6 is 0 Å². The Labute approximate surface area is 73.2 Å². The highest BCUT2D eigenvalue weighted by atomic mass is 15.1. The number of pyridine rings is 1. The van der Waals surface area contributed by atoms with Crippen LogP contribution in [-0.2, 0) is 13.0 Å². The third-order valence-electron chi connectivity index (χ3n) is 2.42. The molecule has 2 rings (SSSR count). The number of aromatic nitrogens is 1. The van der Waals surface area contributed by atoms with E-state index in [1.54, 1.807) is 0 Å². The van der Waals surface area contributed by atoms with Crippen molar-refractivity contribution in [3.8, 4) is 0 Å². The van der Waals surface area contributed by atoms with E-state index >= 15 is 0 Å². The first kappa shape index (κ1) is 7.74. The summed E-state index contributed by atoms with van der Waals surface area (Å²) in [7, 11) is 2.17. The maximum atomic E-state index is 4.30. The average molecular weight is 162 g/mol. The second-order valence-electron chi connectivity index (χ2n) is 3.58. The number of hydrogen-bond acceptors (Lipinski definition) is 2. The van der Waals surface area contributed by atoms with Gasteiger partial charge in [-0.15, -0.1) is 0 Å². The van der Waals surface area contributed by atoms with E-state index < -0.39 is 0 Å². The van der Waals surface area contributed by atoms with Gasteiger partial charge >= 0.3 is 0 Å². The van der Waals surface area contributed by atoms with Crippen molar-refractivity contribution < 1.29 is 0 Å². The molecule has 0 saturated heterocycles. The first-order valence-corrected chi connectivity index (χ1v) is 4.38. The van der Waals surface area contributed by atoms with E-state index in [2.05, 4.69) is 29.9 Å². The SMILES string of the molecule is Cc1cc2c(cn1)CCN(C)C2. The third kappa shape index (κ3) is 1.34. The van der Waals surface area contributed by atoms with Crippen LogP contribution in [0.1, 0.15) is 16.8 Å². The summed E-state index contributed by atoms with van der Waals surface area (Å²) in [5, 5.41) is 0. The molecular weight excluding hydrogens is 148 g/mol. The lowest BCUT2D eigenvalue weighted by molar-refractivity contribution is 0.312. The molecule has 0 spiro atoms. The summed E-state index contributed by atoms with van der Waals surface area (Å²) in [6.07, 6.45) is 3.18. The van der Waals surface area contributed by atoms with Crippen LogP contribution in [0, 0.1) is 6.92 Å². The molecule has 0 amide bonds. The quantitative estimate of drug-likeness (QED) is 0.573. The van der Waals surface area contributed by atoms with Crippen molar-refractivity contribution in [2.75, 3.05) is 13.6 Å². The van der Waals surface area contributed by atoms with Gasteiger partial charge in [0.1, 0.15) is 0 Å². The highest BCUT2D eigenvalue weighted by Crippen LogP contribution is 2.17. The average Bonchev–Trinajstić information content (AvgIpc) is 2.03. The lowest BCUT2D eigenvalue weighted by atomic mass is 10.0. The zero-order valence-corrected chi connectivity index (χ0v) is 7.67. The molecule has 0 saturated carbocycles. The molecule has 0 atom stereocenters. The summed E-state index contributed by atoms with van der Waals surface area (Å²) in [5.41, 5.74) is 4.01. The van der Waals surface area contributed by atoms with Crippen molar-refractivity contribution in [1.29, 1.82) is 0 Å². The van der Waals surface area contributed by atoms with Gasteiger partial charge in [0, 0.05) is 25.0 Å². The Morgan fingerprint density at radius 2 is 2.25 bits per heavy atom. The topological polar surface area (TPSA) is 16.1 Å². The van der Waals surface area contributed by atoms with Crippen LogP contribution in [0.15, 0.2) is 12.3 Å². The normalized spacial score (nSPS) is 17.5. The lowest BCUT2D eigenvalue weighted by Gasteiger charge is -2.24. The molecule has 1 aliphatic rings. The van der Waals surface area contributed by atoms with E-state index in [0.29, 0.717) is 0 Å². The molecule has 0 fully saturated rings. The lowest BCUT2D eigenvalue weighted by Crippen LogP contribution is -2.26. The molecule has 0 unspecified atom stereocenters. The molecular formula is C10H14N2. The minimum Gasteiger partial charge on any atom is -0.302 e. The molecule has 0 radical (unpaired) electrons. The van der Waals surface area contributed by atoms with Gasteiger partial charge in [0.25, 0.3) is 0 Å². The van der Waals surface area contributed by atoms with E-state index in [-0.39, 0.29) is 0 Å². The first-order valence-electron chi connectivity index (χ1n) is 4.38. The fourth-order valence-corrected chi connectivity index (χ4v) is 1.70. The van der Waals surface area contributed by atoms with Gasteiger partial charge in [-0.3, -0.25) is 4.98 Å². The fourth-order valence-electron chi connectivity index (χ4n) is 1.70. The Hall–Kier alpha value is -0.890. The maximum absolute atomic E-state index is 4.30. The van der Waals surface area contributed by atoms with Crippen molar-refractivity contribution in [3.63, 3.8) is 0 Å². The highest BCUT2D eigenvalue weighted by molar-refractivity contribution is 5.28. The van der Waals surface area contributed by atoms with E-state index in [9.17, 15) is 0 Å². The van der Waals surface area contributed by atoms with Gasteiger partial charge in [-0.2, -0.15) is 0 Å². The molecule has 0 aromatic carbocycles. The van der Waals surface area contributed by atoms with Gasteiger partial charge in [0.15, 0.2) is 0 Å². The third-order valence-corrected chi connectivity index (χ3v) is 2.42. The molecule has 0 N–H and O–H groups in total. The van der Waals surface area contributed by atoms with Crippen LogP contribution in [0.25, 0.3) is 0 Å². The minimum absolute atomic E-state index is 1.08. The second kappa shape index (κ2) is 2.87. The molecule has 1 aliphatic heterocycles. The van der Waals surface area contributed by atoms with Crippen LogP contribution in [0.5, 0.6) is 0 Å². The summed E-state index contributed by atoms with van der Waals surface area (Å²) in [6, 6.07) is 2.20. The fraction of sp³-hybridized carbons (Fsp3) is 0.500. The molecule has 0 aliphatic carbocycles. The summed E-state index contributed by atoms with van der Waals surface area (Å²) < 4.78 is 0. The van der Waals surface area contributed by atoms with Crippen molar-refractivity contribution in [3.05, 3.63) is 29.1 Å². The van der Waals surface area contributed by atoms with Gasteiger partial charge in [-0.1, -0.05) is 0 Å². The van der Waals surface area contributed by atoms with Gasteiger partial charge < -0.3 is 4.90 Å². The second-order valence-corrected chi connectivity index (χ2v) is 3.58. The predicted molar refractivity (Wildman–Crippen MR) is 49.0 cm³/mol. The van der Waals surface area contributed by atoms with Crippen molar-refractivity contribution in [1.82, 2.24) is 9.88 Å². The summed E-state index contributed by atoms with van der Waals surface area (Å²) in [6.45, 7) is 4.30. The van der Waals surface area contributed by atoms with Crippen molar-refractivity contribution >= 4 is 0 Å². The summed E-state index contributed by atoms with van der Waals surface area (Å²) in [4.78, 5) is 6.65. The van der Waals surface area contributed by atoms with Gasteiger partial charge in [-0.25, -0.2) is 0 Å². The zero-order valence-electron chi connectivity index (χ0n) is 7.67. The molecule has 0 bridgehead atoms. The largest absolute Gasteiger partial charge is 0.302 e. The molecule has 1 aromatic rings. The van der Waals surface area contributed by atoms with Gasteiger partial charge in [-0.05, 0) is 37.6 Å². The van der Waals surface area contributed by atoms with Crippen molar-refractivity contribution in [2.45, 2.75) is 19.9 Å². The van der Waals surface area contributed by atoms with Crippen LogP contribution in [-0.4, -0.2) is 23.5 Å². The smallest absolute Gasteiger partial charge is 0.0376 e. The molecule has 2 heterocycles. The van der Waals surface area contributed by atoms with Crippen molar-refractivity contribution in [2.24, 2.45) is 0 Å². The van der Waals surface area contributed by atoms with E-state index in [1.165, 1.54) is 11.1 Å². The molecule has 1 aromatic heterocycles. The van der Waals surface area contributed by atoms with Gasteiger partial charge in [0.2, 0.25) is 0 Å². The maximum Gasteiger partial charge on any atom is 0.0376 e. The Balaban J connectivity index is 2.37. The van der Waals surface area contributed by atoms with E-state index in [0.717, 1.165) is 25.2 Å². The Kier molecular flexibility index (Phi) is 1.85. The molecule has 12 heavy (non-hydrogen) atoms. The highest BCUT2D eigenvalue weighted by Gasteiger charge is 2.12.